The molecule has 38 heavy (non-hydrogen) atoms. The number of hydrogen-bond donors (Lipinski definition) is 3. The lowest BCUT2D eigenvalue weighted by Crippen LogP contribution is -2.29. The highest BCUT2D eigenvalue weighted by atomic mass is 35.5. The summed E-state index contributed by atoms with van der Waals surface area (Å²) in [5.74, 6) is 0.722. The van der Waals surface area contributed by atoms with Crippen LogP contribution in [0.4, 0.5) is 23.3 Å². The topological polar surface area (TPSA) is 160 Å². The molecular formula is C24H28ClN9O3S. The van der Waals surface area contributed by atoms with Crippen LogP contribution >= 0.6 is 11.6 Å². The number of nitriles is 1. The minimum Gasteiger partial charge on any atom is -0.395 e. The molecule has 1 aromatic carbocycles. The average Bonchev–Trinajstić information content (AvgIpc) is 3.09. The van der Waals surface area contributed by atoms with Crippen molar-refractivity contribution in [2.24, 2.45) is 0 Å². The predicted octanol–water partition coefficient (Wildman–Crippen LogP) is 1.94. The van der Waals surface area contributed by atoms with Gasteiger partial charge in [0.1, 0.15) is 16.8 Å². The minimum absolute atomic E-state index is 0.103. The average molecular weight is 558 g/mol. The van der Waals surface area contributed by atoms with E-state index in [4.69, 9.17) is 11.6 Å². The van der Waals surface area contributed by atoms with Gasteiger partial charge < -0.3 is 20.6 Å². The van der Waals surface area contributed by atoms with E-state index in [0.717, 1.165) is 47.6 Å². The molecule has 200 valence electrons. The molecule has 3 aromatic rings. The molecule has 0 saturated carbocycles. The third-order valence-electron chi connectivity index (χ3n) is 6.23. The van der Waals surface area contributed by atoms with Gasteiger partial charge in [0, 0.05) is 39.1 Å². The van der Waals surface area contributed by atoms with Gasteiger partial charge in [-0.15, -0.1) is 0 Å². The molecule has 14 heteroatoms. The second kappa shape index (κ2) is 11.9. The summed E-state index contributed by atoms with van der Waals surface area (Å²) >= 11 is 6.32. The van der Waals surface area contributed by atoms with E-state index in [1.807, 2.05) is 12.1 Å². The number of nitrogens with zero attached hydrogens (tertiary/aromatic N) is 7. The lowest BCUT2D eigenvalue weighted by atomic mass is 9.99. The first-order valence-corrected chi connectivity index (χ1v) is 14.1. The van der Waals surface area contributed by atoms with E-state index >= 15 is 0 Å². The number of anilines is 4. The molecule has 4 rings (SSSR count). The first-order valence-electron chi connectivity index (χ1n) is 11.9. The number of aliphatic hydroxyl groups excluding tert-OH is 1. The van der Waals surface area contributed by atoms with Crippen LogP contribution in [0, 0.1) is 11.3 Å². The van der Waals surface area contributed by atoms with Crippen LogP contribution in [-0.2, 0) is 29.4 Å². The highest BCUT2D eigenvalue weighted by Crippen LogP contribution is 2.28. The molecule has 0 unspecified atom stereocenters. The standard InChI is InChI=1S/C24H28ClN9O3S/c1-33(38(2,36)37)23-21(27-5-6-28-23)15-29-22-19(25)14-30-24(32-22)31-20-12-17-4-8-34(9-10-35)7-3-16(17)11-18(20)13-26/h5-6,11-12,14,35H,3-4,7-10,15H2,1-2H3,(H2,29,30,31,32). The van der Waals surface area contributed by atoms with Crippen molar-refractivity contribution in [2.75, 3.05) is 54.5 Å². The SMILES string of the molecule is CN(c1nccnc1CNc1nc(Nc2cc3c(cc2C#N)CCN(CCO)CC3)ncc1Cl)S(C)(=O)=O. The van der Waals surface area contributed by atoms with Crippen LogP contribution in [0.15, 0.2) is 30.7 Å². The summed E-state index contributed by atoms with van der Waals surface area (Å²) in [7, 11) is -2.13. The number of rotatable bonds is 9. The van der Waals surface area contributed by atoms with Gasteiger partial charge in [0.25, 0.3) is 0 Å². The van der Waals surface area contributed by atoms with E-state index in [9.17, 15) is 18.8 Å². The van der Waals surface area contributed by atoms with Crippen molar-refractivity contribution in [3.05, 3.63) is 58.1 Å². The maximum atomic E-state index is 12.0. The van der Waals surface area contributed by atoms with Crippen molar-refractivity contribution < 1.29 is 13.5 Å². The molecule has 0 amide bonds. The third kappa shape index (κ3) is 6.46. The molecular weight excluding hydrogens is 530 g/mol. The van der Waals surface area contributed by atoms with Gasteiger partial charge in [-0.05, 0) is 36.1 Å². The van der Waals surface area contributed by atoms with E-state index in [1.165, 1.54) is 25.6 Å². The highest BCUT2D eigenvalue weighted by Gasteiger charge is 2.19. The van der Waals surface area contributed by atoms with Gasteiger partial charge in [0.15, 0.2) is 11.6 Å². The van der Waals surface area contributed by atoms with Crippen molar-refractivity contribution >= 4 is 44.9 Å². The predicted molar refractivity (Wildman–Crippen MR) is 145 cm³/mol. The van der Waals surface area contributed by atoms with Crippen molar-refractivity contribution in [2.45, 2.75) is 19.4 Å². The fraction of sp³-hybridized carbons (Fsp3) is 0.375. The lowest BCUT2D eigenvalue weighted by Gasteiger charge is -2.18. The van der Waals surface area contributed by atoms with E-state index in [1.54, 1.807) is 0 Å². The summed E-state index contributed by atoms with van der Waals surface area (Å²) in [5.41, 5.74) is 3.69. The molecule has 3 N–H and O–H groups in total. The van der Waals surface area contributed by atoms with Crippen LogP contribution in [0.5, 0.6) is 0 Å². The first-order chi connectivity index (χ1) is 18.2. The van der Waals surface area contributed by atoms with Gasteiger partial charge in [-0.25, -0.2) is 18.4 Å². The zero-order chi connectivity index (χ0) is 27.3. The van der Waals surface area contributed by atoms with Gasteiger partial charge in [-0.2, -0.15) is 10.2 Å². The Kier molecular flexibility index (Phi) is 8.58. The molecule has 2 aromatic heterocycles. The van der Waals surface area contributed by atoms with E-state index < -0.39 is 10.0 Å². The highest BCUT2D eigenvalue weighted by molar-refractivity contribution is 7.92. The summed E-state index contributed by atoms with van der Waals surface area (Å²) in [6, 6.07) is 6.09. The smallest absolute Gasteiger partial charge is 0.233 e. The Morgan fingerprint density at radius 2 is 1.89 bits per heavy atom. The van der Waals surface area contributed by atoms with Gasteiger partial charge in [0.05, 0.1) is 36.9 Å². The molecule has 3 heterocycles. The van der Waals surface area contributed by atoms with E-state index in [2.05, 4.69) is 41.5 Å². The Morgan fingerprint density at radius 1 is 1.18 bits per heavy atom. The molecule has 0 radical (unpaired) electrons. The van der Waals surface area contributed by atoms with Crippen LogP contribution < -0.4 is 14.9 Å². The quantitative estimate of drug-likeness (QED) is 0.352. The summed E-state index contributed by atoms with van der Waals surface area (Å²) in [6.45, 7) is 2.49. The summed E-state index contributed by atoms with van der Waals surface area (Å²) in [4.78, 5) is 19.3. The van der Waals surface area contributed by atoms with Crippen molar-refractivity contribution in [3.8, 4) is 6.07 Å². The van der Waals surface area contributed by atoms with Crippen LogP contribution in [0.1, 0.15) is 22.4 Å². The second-order valence-electron chi connectivity index (χ2n) is 8.77. The van der Waals surface area contributed by atoms with Gasteiger partial charge in [-0.3, -0.25) is 9.29 Å². The van der Waals surface area contributed by atoms with E-state index in [-0.39, 0.29) is 29.9 Å². The van der Waals surface area contributed by atoms with Gasteiger partial charge in [-0.1, -0.05) is 11.6 Å². The number of hydrogen-bond acceptors (Lipinski definition) is 11. The molecule has 0 aliphatic carbocycles. The summed E-state index contributed by atoms with van der Waals surface area (Å²) in [5, 5.41) is 25.5. The van der Waals surface area contributed by atoms with Crippen LogP contribution in [0.25, 0.3) is 0 Å². The Balaban J connectivity index is 1.54. The number of fused-ring (bicyclic) bond motifs is 1. The fourth-order valence-corrected chi connectivity index (χ4v) is 4.75. The number of β-amino-alcohol motifs (C(OH)–C–C–N with tert-alkyl or cyclic N) is 1. The number of sulfonamides is 1. The second-order valence-corrected chi connectivity index (χ2v) is 11.2. The van der Waals surface area contributed by atoms with E-state index in [0.29, 0.717) is 29.3 Å². The molecule has 0 saturated heterocycles. The molecule has 0 bridgehead atoms. The van der Waals surface area contributed by atoms with Crippen molar-refractivity contribution in [1.82, 2.24) is 24.8 Å². The molecule has 1 aliphatic rings. The summed E-state index contributed by atoms with van der Waals surface area (Å²) < 4.78 is 25.0. The zero-order valence-electron chi connectivity index (χ0n) is 21.0. The van der Waals surface area contributed by atoms with Crippen LogP contribution in [-0.4, -0.2) is 77.9 Å². The molecule has 1 aliphatic heterocycles. The monoisotopic (exact) mass is 557 g/mol. The number of nitrogens with one attached hydrogen (secondary N) is 2. The first kappa shape index (κ1) is 27.5. The molecule has 0 fully saturated rings. The number of benzene rings is 1. The Morgan fingerprint density at radius 3 is 2.58 bits per heavy atom. The Labute approximate surface area is 226 Å². The van der Waals surface area contributed by atoms with Crippen molar-refractivity contribution in [1.29, 1.82) is 5.26 Å². The summed E-state index contributed by atoms with van der Waals surface area (Å²) in [6.07, 6.45) is 7.00. The third-order valence-corrected chi connectivity index (χ3v) is 7.68. The lowest BCUT2D eigenvalue weighted by molar-refractivity contribution is 0.201. The van der Waals surface area contributed by atoms with Crippen LogP contribution in [0.3, 0.4) is 0 Å². The fourth-order valence-electron chi connectivity index (χ4n) is 4.13. The molecule has 0 atom stereocenters. The van der Waals surface area contributed by atoms with Gasteiger partial charge >= 0.3 is 0 Å². The number of aromatic nitrogens is 4. The maximum Gasteiger partial charge on any atom is 0.233 e. The number of halogens is 1. The zero-order valence-corrected chi connectivity index (χ0v) is 22.6. The van der Waals surface area contributed by atoms with Crippen LogP contribution in [0.2, 0.25) is 5.02 Å². The minimum atomic E-state index is -3.53. The largest absolute Gasteiger partial charge is 0.395 e. The van der Waals surface area contributed by atoms with Gasteiger partial charge in [0.2, 0.25) is 16.0 Å². The number of aliphatic hydroxyl groups is 1. The Bertz CT molecular complexity index is 1460. The normalized spacial score (nSPS) is 13.8. The van der Waals surface area contributed by atoms with Crippen molar-refractivity contribution in [3.63, 3.8) is 0 Å². The molecule has 0 spiro atoms. The Hall–Kier alpha value is -3.57. The maximum absolute atomic E-state index is 12.0. The molecule has 12 nitrogen and oxygen atoms in total.